The molecule has 1 N–H and O–H groups in total. The van der Waals surface area contributed by atoms with Gasteiger partial charge in [-0.1, -0.05) is 11.6 Å². The van der Waals surface area contributed by atoms with E-state index in [-0.39, 0.29) is 12.2 Å². The highest BCUT2D eigenvalue weighted by atomic mass is 32.2. The zero-order valence-electron chi connectivity index (χ0n) is 8.64. The SMILES string of the molecule is CC1=CCCN(S(=O)(=O)CCC(=O)O)C1. The van der Waals surface area contributed by atoms with Crippen molar-refractivity contribution in [2.24, 2.45) is 0 Å². The van der Waals surface area contributed by atoms with Crippen LogP contribution in [-0.2, 0) is 14.8 Å². The Morgan fingerprint density at radius 3 is 2.80 bits per heavy atom. The van der Waals surface area contributed by atoms with E-state index in [9.17, 15) is 13.2 Å². The first kappa shape index (κ1) is 12.2. The molecule has 86 valence electrons. The van der Waals surface area contributed by atoms with Crippen molar-refractivity contribution in [1.82, 2.24) is 4.31 Å². The van der Waals surface area contributed by atoms with Crippen LogP contribution in [0.5, 0.6) is 0 Å². The van der Waals surface area contributed by atoms with Crippen molar-refractivity contribution in [2.45, 2.75) is 19.8 Å². The molecule has 1 aliphatic heterocycles. The smallest absolute Gasteiger partial charge is 0.304 e. The number of carboxylic acid groups (broad SMARTS) is 1. The molecule has 0 aromatic carbocycles. The normalized spacial score (nSPS) is 18.6. The van der Waals surface area contributed by atoms with Crippen molar-refractivity contribution in [3.63, 3.8) is 0 Å². The molecule has 0 atom stereocenters. The van der Waals surface area contributed by atoms with Crippen molar-refractivity contribution < 1.29 is 18.3 Å². The Hall–Kier alpha value is -0.880. The van der Waals surface area contributed by atoms with E-state index >= 15 is 0 Å². The predicted molar refractivity (Wildman–Crippen MR) is 56.0 cm³/mol. The predicted octanol–water partition coefficient (Wildman–Crippen LogP) is 0.443. The number of aliphatic carboxylic acids is 1. The van der Waals surface area contributed by atoms with Crippen LogP contribution in [-0.4, -0.2) is 42.6 Å². The van der Waals surface area contributed by atoms with Gasteiger partial charge < -0.3 is 5.11 Å². The molecule has 0 unspecified atom stereocenters. The van der Waals surface area contributed by atoms with Gasteiger partial charge in [0.05, 0.1) is 12.2 Å². The zero-order valence-corrected chi connectivity index (χ0v) is 9.46. The summed E-state index contributed by atoms with van der Waals surface area (Å²) in [6.45, 7) is 2.72. The number of carboxylic acids is 1. The fourth-order valence-corrected chi connectivity index (χ4v) is 2.93. The van der Waals surface area contributed by atoms with Crippen LogP contribution in [0.15, 0.2) is 11.6 Å². The van der Waals surface area contributed by atoms with E-state index in [0.717, 1.165) is 5.57 Å². The molecular weight excluding hydrogens is 218 g/mol. The highest BCUT2D eigenvalue weighted by Crippen LogP contribution is 2.13. The fourth-order valence-electron chi connectivity index (χ4n) is 1.46. The molecule has 0 bridgehead atoms. The molecule has 15 heavy (non-hydrogen) atoms. The average molecular weight is 233 g/mol. The van der Waals surface area contributed by atoms with E-state index < -0.39 is 16.0 Å². The van der Waals surface area contributed by atoms with E-state index in [1.807, 2.05) is 13.0 Å². The first-order valence-electron chi connectivity index (χ1n) is 4.77. The standard InChI is InChI=1S/C9H15NO4S/c1-8-3-2-5-10(7-8)15(13,14)6-4-9(11)12/h3H,2,4-7H2,1H3,(H,11,12). The van der Waals surface area contributed by atoms with Crippen molar-refractivity contribution in [2.75, 3.05) is 18.8 Å². The van der Waals surface area contributed by atoms with Crippen LogP contribution < -0.4 is 0 Å². The van der Waals surface area contributed by atoms with Crippen LogP contribution in [0.25, 0.3) is 0 Å². The maximum absolute atomic E-state index is 11.7. The molecule has 0 aromatic rings. The molecule has 0 saturated carbocycles. The molecule has 0 fully saturated rings. The molecule has 6 heteroatoms. The lowest BCUT2D eigenvalue weighted by molar-refractivity contribution is -0.136. The molecule has 1 heterocycles. The third-order valence-electron chi connectivity index (χ3n) is 2.26. The highest BCUT2D eigenvalue weighted by molar-refractivity contribution is 7.89. The Bertz CT molecular complexity index is 372. The molecular formula is C9H15NO4S. The zero-order chi connectivity index (χ0) is 11.5. The molecule has 5 nitrogen and oxygen atoms in total. The summed E-state index contributed by atoms with van der Waals surface area (Å²) in [6.07, 6.45) is 2.38. The molecule has 1 rings (SSSR count). The summed E-state index contributed by atoms with van der Waals surface area (Å²) in [6, 6.07) is 0. The minimum absolute atomic E-state index is 0.310. The largest absolute Gasteiger partial charge is 0.481 e. The van der Waals surface area contributed by atoms with Gasteiger partial charge in [0.15, 0.2) is 0 Å². The van der Waals surface area contributed by atoms with Crippen LogP contribution in [0.4, 0.5) is 0 Å². The van der Waals surface area contributed by atoms with Crippen LogP contribution in [0.2, 0.25) is 0 Å². The second-order valence-corrected chi connectivity index (χ2v) is 5.72. The number of rotatable bonds is 4. The van der Waals surface area contributed by atoms with Gasteiger partial charge in [-0.25, -0.2) is 8.42 Å². The average Bonchev–Trinajstić information content (AvgIpc) is 2.15. The van der Waals surface area contributed by atoms with Crippen molar-refractivity contribution in [1.29, 1.82) is 0 Å². The summed E-state index contributed by atoms with van der Waals surface area (Å²) in [7, 11) is -3.40. The first-order valence-corrected chi connectivity index (χ1v) is 6.38. The Kier molecular flexibility index (Phi) is 3.87. The second kappa shape index (κ2) is 4.76. The van der Waals surface area contributed by atoms with Gasteiger partial charge in [-0.05, 0) is 13.3 Å². The van der Waals surface area contributed by atoms with E-state index in [4.69, 9.17) is 5.11 Å². The maximum atomic E-state index is 11.7. The van der Waals surface area contributed by atoms with Crippen LogP contribution in [0, 0.1) is 0 Å². The van der Waals surface area contributed by atoms with E-state index in [1.165, 1.54) is 4.31 Å². The lowest BCUT2D eigenvalue weighted by Crippen LogP contribution is -2.37. The van der Waals surface area contributed by atoms with Gasteiger partial charge in [-0.2, -0.15) is 4.31 Å². The van der Waals surface area contributed by atoms with E-state index in [1.54, 1.807) is 0 Å². The first-order chi connectivity index (χ1) is 6.92. The summed E-state index contributed by atoms with van der Waals surface area (Å²) >= 11 is 0. The Balaban J connectivity index is 2.62. The molecule has 0 saturated heterocycles. The van der Waals surface area contributed by atoms with E-state index in [2.05, 4.69) is 0 Å². The minimum Gasteiger partial charge on any atom is -0.481 e. The van der Waals surface area contributed by atoms with E-state index in [0.29, 0.717) is 19.5 Å². The van der Waals surface area contributed by atoms with Gasteiger partial charge >= 0.3 is 5.97 Å². The topological polar surface area (TPSA) is 74.7 Å². The number of nitrogens with zero attached hydrogens (tertiary/aromatic N) is 1. The third-order valence-corrected chi connectivity index (χ3v) is 4.08. The number of hydrogen-bond acceptors (Lipinski definition) is 3. The molecule has 0 radical (unpaired) electrons. The molecule has 0 amide bonds. The lowest BCUT2D eigenvalue weighted by atomic mass is 10.2. The number of hydrogen-bond donors (Lipinski definition) is 1. The fraction of sp³-hybridized carbons (Fsp3) is 0.667. The molecule has 0 spiro atoms. The number of carbonyl (C=O) groups is 1. The Morgan fingerprint density at radius 2 is 2.27 bits per heavy atom. The summed E-state index contributed by atoms with van der Waals surface area (Å²) in [4.78, 5) is 10.3. The summed E-state index contributed by atoms with van der Waals surface area (Å²) in [5.74, 6) is -1.39. The van der Waals surface area contributed by atoms with Crippen LogP contribution >= 0.6 is 0 Å². The molecule has 0 aliphatic carbocycles. The maximum Gasteiger partial charge on any atom is 0.304 e. The Labute approximate surface area is 89.4 Å². The van der Waals surface area contributed by atoms with Gasteiger partial charge in [0, 0.05) is 13.1 Å². The summed E-state index contributed by atoms with van der Waals surface area (Å²) in [5.41, 5.74) is 1.01. The van der Waals surface area contributed by atoms with Gasteiger partial charge in [-0.3, -0.25) is 4.79 Å². The van der Waals surface area contributed by atoms with Crippen molar-refractivity contribution in [3.05, 3.63) is 11.6 Å². The Morgan fingerprint density at radius 1 is 1.60 bits per heavy atom. The summed E-state index contributed by atoms with van der Waals surface area (Å²) < 4.78 is 24.7. The van der Waals surface area contributed by atoms with Gasteiger partial charge in [0.2, 0.25) is 10.0 Å². The van der Waals surface area contributed by atoms with Crippen molar-refractivity contribution >= 4 is 16.0 Å². The minimum atomic E-state index is -3.40. The van der Waals surface area contributed by atoms with Gasteiger partial charge in [0.25, 0.3) is 0 Å². The second-order valence-electron chi connectivity index (χ2n) is 3.63. The lowest BCUT2D eigenvalue weighted by Gasteiger charge is -2.25. The quantitative estimate of drug-likeness (QED) is 0.715. The van der Waals surface area contributed by atoms with Gasteiger partial charge in [0.1, 0.15) is 0 Å². The molecule has 0 aromatic heterocycles. The number of sulfonamides is 1. The van der Waals surface area contributed by atoms with Crippen LogP contribution in [0.1, 0.15) is 19.8 Å². The highest BCUT2D eigenvalue weighted by Gasteiger charge is 2.24. The molecule has 1 aliphatic rings. The third kappa shape index (κ3) is 3.64. The summed E-state index contributed by atoms with van der Waals surface area (Å²) in [5, 5.41) is 8.43. The van der Waals surface area contributed by atoms with Gasteiger partial charge in [-0.15, -0.1) is 0 Å². The monoisotopic (exact) mass is 233 g/mol. The van der Waals surface area contributed by atoms with Crippen molar-refractivity contribution in [3.8, 4) is 0 Å². The van der Waals surface area contributed by atoms with Crippen LogP contribution in [0.3, 0.4) is 0 Å².